The fraction of sp³-hybridized carbons (Fsp3) is 0.211. The first-order valence-electron chi connectivity index (χ1n) is 8.88. The van der Waals surface area contributed by atoms with Crippen molar-refractivity contribution in [2.75, 3.05) is 9.44 Å². The third-order valence-electron chi connectivity index (χ3n) is 4.32. The smallest absolute Gasteiger partial charge is 0.265 e. The summed E-state index contributed by atoms with van der Waals surface area (Å²) in [6.07, 6.45) is 1.46. The molecule has 2 aromatic carbocycles. The number of nitrogens with zero attached hydrogens (tertiary/aromatic N) is 2. The van der Waals surface area contributed by atoms with Crippen LogP contribution >= 0.6 is 0 Å². The second kappa shape index (κ2) is 7.88. The normalized spacial score (nSPS) is 12.0. The molecule has 0 aliphatic heterocycles. The minimum atomic E-state index is -3.83. The Balaban J connectivity index is 1.81. The van der Waals surface area contributed by atoms with Crippen LogP contribution in [0.3, 0.4) is 0 Å². The molecule has 3 rings (SSSR count). The molecule has 29 heavy (non-hydrogen) atoms. The zero-order chi connectivity index (χ0) is 21.2. The fourth-order valence-electron chi connectivity index (χ4n) is 2.73. The van der Waals surface area contributed by atoms with Crippen LogP contribution in [-0.2, 0) is 26.6 Å². The van der Waals surface area contributed by atoms with E-state index in [4.69, 9.17) is 0 Å². The average molecular weight is 435 g/mol. The number of hydrogen-bond acceptors (Lipinski definition) is 5. The molecule has 0 saturated carbocycles. The number of rotatable bonds is 7. The first-order chi connectivity index (χ1) is 13.6. The number of aromatic nitrogens is 2. The summed E-state index contributed by atoms with van der Waals surface area (Å²) >= 11 is 0. The summed E-state index contributed by atoms with van der Waals surface area (Å²) in [6.45, 7) is 5.84. The highest BCUT2D eigenvalue weighted by Gasteiger charge is 2.21. The molecular weight excluding hydrogens is 412 g/mol. The Morgan fingerprint density at radius 3 is 2.14 bits per heavy atom. The number of para-hydroxylation sites is 1. The third kappa shape index (κ3) is 4.60. The molecule has 0 bridgehead atoms. The largest absolute Gasteiger partial charge is 0.280 e. The monoisotopic (exact) mass is 434 g/mol. The molecule has 0 spiro atoms. The van der Waals surface area contributed by atoms with Crippen molar-refractivity contribution in [1.29, 1.82) is 0 Å². The highest BCUT2D eigenvalue weighted by molar-refractivity contribution is 7.93. The Bertz CT molecular complexity index is 1230. The van der Waals surface area contributed by atoms with Gasteiger partial charge in [-0.2, -0.15) is 5.10 Å². The molecule has 2 N–H and O–H groups in total. The van der Waals surface area contributed by atoms with Gasteiger partial charge in [0.1, 0.15) is 4.90 Å². The maximum Gasteiger partial charge on any atom is 0.265 e. The molecular formula is C19H22N4O4S2. The van der Waals surface area contributed by atoms with Gasteiger partial charge in [0.15, 0.2) is 0 Å². The van der Waals surface area contributed by atoms with Gasteiger partial charge in [0.25, 0.3) is 20.0 Å². The maximum atomic E-state index is 12.6. The Hall–Kier alpha value is -2.85. The van der Waals surface area contributed by atoms with E-state index in [-0.39, 0.29) is 15.5 Å². The molecule has 0 aliphatic rings. The van der Waals surface area contributed by atoms with Crippen LogP contribution in [-0.4, -0.2) is 26.6 Å². The van der Waals surface area contributed by atoms with Crippen LogP contribution in [0.25, 0.3) is 0 Å². The van der Waals surface area contributed by atoms with E-state index < -0.39 is 20.0 Å². The Morgan fingerprint density at radius 2 is 1.55 bits per heavy atom. The molecule has 1 heterocycles. The molecule has 0 aliphatic carbocycles. The van der Waals surface area contributed by atoms with E-state index in [1.54, 1.807) is 32.0 Å². The van der Waals surface area contributed by atoms with Gasteiger partial charge in [-0.15, -0.1) is 0 Å². The number of aryl methyl sites for hydroxylation is 3. The van der Waals surface area contributed by atoms with E-state index in [9.17, 15) is 16.8 Å². The molecule has 154 valence electrons. The van der Waals surface area contributed by atoms with Crippen molar-refractivity contribution in [3.63, 3.8) is 0 Å². The van der Waals surface area contributed by atoms with E-state index in [0.29, 0.717) is 17.9 Å². The van der Waals surface area contributed by atoms with Crippen LogP contribution in [0.4, 0.5) is 11.4 Å². The second-order valence-electron chi connectivity index (χ2n) is 6.48. The Labute approximate surface area is 170 Å². The predicted molar refractivity (Wildman–Crippen MR) is 112 cm³/mol. The van der Waals surface area contributed by atoms with Gasteiger partial charge in [-0.05, 0) is 56.7 Å². The second-order valence-corrected chi connectivity index (χ2v) is 9.82. The lowest BCUT2D eigenvalue weighted by Gasteiger charge is -2.11. The van der Waals surface area contributed by atoms with Crippen LogP contribution in [0.5, 0.6) is 0 Å². The highest BCUT2D eigenvalue weighted by atomic mass is 32.2. The number of sulfonamides is 2. The quantitative estimate of drug-likeness (QED) is 0.594. The standard InChI is InChI=1S/C19H22N4O4S2/c1-4-23-13-19(15(3)20-23)29(26,27)21-16-9-11-17(12-10-16)28(24,25)22-18-8-6-5-7-14(18)2/h5-13,21-22H,4H2,1-3H3. The van der Waals surface area contributed by atoms with Gasteiger partial charge in [-0.3, -0.25) is 14.1 Å². The van der Waals surface area contributed by atoms with Gasteiger partial charge in [-0.1, -0.05) is 18.2 Å². The molecule has 0 amide bonds. The molecule has 0 saturated heterocycles. The maximum absolute atomic E-state index is 12.6. The molecule has 1 aromatic heterocycles. The van der Waals surface area contributed by atoms with E-state index in [0.717, 1.165) is 5.56 Å². The summed E-state index contributed by atoms with van der Waals surface area (Å²) in [7, 11) is -7.63. The van der Waals surface area contributed by atoms with Crippen molar-refractivity contribution in [3.05, 3.63) is 66.0 Å². The van der Waals surface area contributed by atoms with Crippen LogP contribution in [0.1, 0.15) is 18.2 Å². The van der Waals surface area contributed by atoms with E-state index in [1.807, 2.05) is 13.0 Å². The van der Waals surface area contributed by atoms with E-state index in [2.05, 4.69) is 14.5 Å². The van der Waals surface area contributed by atoms with Crippen molar-refractivity contribution < 1.29 is 16.8 Å². The van der Waals surface area contributed by atoms with Gasteiger partial charge >= 0.3 is 0 Å². The molecule has 0 fully saturated rings. The van der Waals surface area contributed by atoms with Gasteiger partial charge in [0.05, 0.1) is 16.3 Å². The first-order valence-corrected chi connectivity index (χ1v) is 11.8. The number of benzene rings is 2. The summed E-state index contributed by atoms with van der Waals surface area (Å²) in [5.41, 5.74) is 1.92. The average Bonchev–Trinajstić information content (AvgIpc) is 3.05. The third-order valence-corrected chi connectivity index (χ3v) is 7.19. The number of hydrogen-bond donors (Lipinski definition) is 2. The highest BCUT2D eigenvalue weighted by Crippen LogP contribution is 2.23. The van der Waals surface area contributed by atoms with Gasteiger partial charge in [0, 0.05) is 18.4 Å². The summed E-state index contributed by atoms with van der Waals surface area (Å²) in [4.78, 5) is 0.107. The van der Waals surface area contributed by atoms with Gasteiger partial charge in [0.2, 0.25) is 0 Å². The van der Waals surface area contributed by atoms with Crippen LogP contribution in [0.15, 0.2) is 64.5 Å². The van der Waals surface area contributed by atoms with Crippen molar-refractivity contribution in [1.82, 2.24) is 9.78 Å². The lowest BCUT2D eigenvalue weighted by atomic mass is 10.2. The van der Waals surface area contributed by atoms with Gasteiger partial charge < -0.3 is 0 Å². The van der Waals surface area contributed by atoms with E-state index in [1.165, 1.54) is 35.1 Å². The van der Waals surface area contributed by atoms with Crippen LogP contribution < -0.4 is 9.44 Å². The minimum Gasteiger partial charge on any atom is -0.280 e. The van der Waals surface area contributed by atoms with Crippen molar-refractivity contribution in [2.24, 2.45) is 0 Å². The molecule has 8 nitrogen and oxygen atoms in total. The molecule has 0 radical (unpaired) electrons. The van der Waals surface area contributed by atoms with E-state index >= 15 is 0 Å². The molecule has 0 unspecified atom stereocenters. The van der Waals surface area contributed by atoms with Crippen molar-refractivity contribution in [2.45, 2.75) is 37.1 Å². The Morgan fingerprint density at radius 1 is 0.897 bits per heavy atom. The minimum absolute atomic E-state index is 0.0266. The number of anilines is 2. The predicted octanol–water partition coefficient (Wildman–Crippen LogP) is 3.12. The summed E-state index contributed by atoms with van der Waals surface area (Å²) < 4.78 is 56.9. The SMILES string of the molecule is CCn1cc(S(=O)(=O)Nc2ccc(S(=O)(=O)Nc3ccccc3C)cc2)c(C)n1. The lowest BCUT2D eigenvalue weighted by Crippen LogP contribution is -2.15. The van der Waals surface area contributed by atoms with Crippen molar-refractivity contribution >= 4 is 31.4 Å². The summed E-state index contributed by atoms with van der Waals surface area (Å²) in [5, 5.41) is 4.14. The van der Waals surface area contributed by atoms with Gasteiger partial charge in [-0.25, -0.2) is 16.8 Å². The lowest BCUT2D eigenvalue weighted by molar-refractivity contribution is 0.599. The number of nitrogens with one attached hydrogen (secondary N) is 2. The summed E-state index contributed by atoms with van der Waals surface area (Å²) in [6, 6.07) is 12.5. The summed E-state index contributed by atoms with van der Waals surface area (Å²) in [5.74, 6) is 0. The zero-order valence-electron chi connectivity index (χ0n) is 16.2. The molecule has 10 heteroatoms. The van der Waals surface area contributed by atoms with Crippen molar-refractivity contribution in [3.8, 4) is 0 Å². The topological polar surface area (TPSA) is 110 Å². The Kier molecular flexibility index (Phi) is 5.67. The van der Waals surface area contributed by atoms with Crippen LogP contribution in [0.2, 0.25) is 0 Å². The molecule has 3 aromatic rings. The first kappa shape index (κ1) is 20.9. The fourth-order valence-corrected chi connectivity index (χ4v) is 5.11. The zero-order valence-corrected chi connectivity index (χ0v) is 17.9. The van der Waals surface area contributed by atoms with Crippen LogP contribution in [0, 0.1) is 13.8 Å². The molecule has 0 atom stereocenters.